The van der Waals surface area contributed by atoms with Crippen molar-refractivity contribution >= 4 is 43.5 Å². The first-order valence-corrected chi connectivity index (χ1v) is 23.9. The maximum Gasteiger partial charge on any atom is 0.0199 e. The fourth-order valence-electron chi connectivity index (χ4n) is 11.8. The highest BCUT2D eigenvalue weighted by molar-refractivity contribution is 6.07. The Bertz CT molecular complexity index is 3740. The van der Waals surface area contributed by atoms with Crippen molar-refractivity contribution in [1.29, 1.82) is 0 Å². The second-order valence-electron chi connectivity index (χ2n) is 18.8. The van der Waals surface area contributed by atoms with Crippen molar-refractivity contribution in [2.24, 2.45) is 11.8 Å². The van der Waals surface area contributed by atoms with Crippen LogP contribution in [0.5, 0.6) is 0 Å². The summed E-state index contributed by atoms with van der Waals surface area (Å²) in [4.78, 5) is 0. The highest BCUT2D eigenvalue weighted by Crippen LogP contribution is 2.51. The van der Waals surface area contributed by atoms with E-state index in [2.05, 4.69) is 250 Å². The highest BCUT2D eigenvalue weighted by Gasteiger charge is 2.35. The van der Waals surface area contributed by atoms with Gasteiger partial charge in [0.15, 0.2) is 0 Å². The molecule has 13 rings (SSSR count). The first-order valence-electron chi connectivity index (χ1n) is 23.9. The van der Waals surface area contributed by atoms with Gasteiger partial charge in [-0.2, -0.15) is 0 Å². The molecular formula is C67H48. The molecule has 0 aliphatic heterocycles. The summed E-state index contributed by atoms with van der Waals surface area (Å²) in [5.41, 5.74) is 20.9. The van der Waals surface area contributed by atoms with E-state index in [0.29, 0.717) is 5.92 Å². The van der Waals surface area contributed by atoms with Gasteiger partial charge in [0.05, 0.1) is 0 Å². The average Bonchev–Trinajstić information content (AvgIpc) is 3.39. The lowest BCUT2D eigenvalue weighted by Gasteiger charge is -2.37. The van der Waals surface area contributed by atoms with Crippen LogP contribution in [-0.4, -0.2) is 0 Å². The largest absolute Gasteiger partial charge is 0.0760 e. The van der Waals surface area contributed by atoms with Crippen LogP contribution < -0.4 is 0 Å². The predicted octanol–water partition coefficient (Wildman–Crippen LogP) is 17.5. The molecule has 0 amide bonds. The Morgan fingerprint density at radius 2 is 1.04 bits per heavy atom. The van der Waals surface area contributed by atoms with Crippen LogP contribution in [-0.2, 0) is 6.42 Å². The van der Waals surface area contributed by atoms with Gasteiger partial charge in [0.25, 0.3) is 0 Å². The van der Waals surface area contributed by atoms with Crippen molar-refractivity contribution in [3.05, 3.63) is 287 Å². The normalized spacial score (nSPS) is 17.3. The summed E-state index contributed by atoms with van der Waals surface area (Å²) in [5, 5.41) is 7.57. The number of hydrogen-bond donors (Lipinski definition) is 0. The molecule has 0 saturated carbocycles. The van der Waals surface area contributed by atoms with E-state index in [9.17, 15) is 0 Å². The Balaban J connectivity index is 0.926. The first-order chi connectivity index (χ1) is 33.1. The molecule has 0 fully saturated rings. The summed E-state index contributed by atoms with van der Waals surface area (Å²) < 4.78 is 0. The van der Waals surface area contributed by atoms with Crippen LogP contribution in [0.15, 0.2) is 248 Å². The van der Waals surface area contributed by atoms with Gasteiger partial charge in [-0.15, -0.1) is 0 Å². The molecule has 3 atom stereocenters. The van der Waals surface area contributed by atoms with Gasteiger partial charge in [0.1, 0.15) is 0 Å². The maximum absolute atomic E-state index is 2.50. The highest BCUT2D eigenvalue weighted by atomic mass is 14.4. The van der Waals surface area contributed by atoms with E-state index >= 15 is 0 Å². The van der Waals surface area contributed by atoms with Crippen LogP contribution in [0.3, 0.4) is 0 Å². The molecule has 3 aliphatic carbocycles. The number of benzene rings is 10. The quantitative estimate of drug-likeness (QED) is 0.156. The Kier molecular flexibility index (Phi) is 9.46. The van der Waals surface area contributed by atoms with Crippen molar-refractivity contribution in [1.82, 2.24) is 0 Å². The fourth-order valence-corrected chi connectivity index (χ4v) is 11.8. The van der Waals surface area contributed by atoms with Crippen molar-refractivity contribution < 1.29 is 0 Å². The van der Waals surface area contributed by atoms with E-state index in [-0.39, 0.29) is 11.8 Å². The van der Waals surface area contributed by atoms with E-state index in [0.717, 1.165) is 6.42 Å². The Labute approximate surface area is 393 Å². The van der Waals surface area contributed by atoms with E-state index in [4.69, 9.17) is 0 Å². The number of hydrogen-bond acceptors (Lipinski definition) is 0. The standard InChI is InChI=1S/C67H48/c1-43-39-50-19-6-7-22-54(50)63(40-43)62-38-36-46-17-4-8-23-55(46)64(62)47-30-32-48(33-31-47)65-58-25-10-12-27-60(58)67(61-28-13-11-26-59(61)65)52-21-14-20-51(42-52)57-37-35-45-16-5-9-24-56(45)66(57)53-34-29-44-15-2-3-18-49(44)41-53/h2-38,40-43,58,65H,39H2,1H3. The summed E-state index contributed by atoms with van der Waals surface area (Å²) in [5.74, 6) is 0.808. The van der Waals surface area contributed by atoms with Gasteiger partial charge in [0, 0.05) is 11.8 Å². The molecule has 0 bridgehead atoms. The van der Waals surface area contributed by atoms with Crippen molar-refractivity contribution in [3.8, 4) is 33.4 Å². The van der Waals surface area contributed by atoms with E-state index in [1.54, 1.807) is 0 Å². The van der Waals surface area contributed by atoms with Gasteiger partial charge < -0.3 is 0 Å². The lowest BCUT2D eigenvalue weighted by molar-refractivity contribution is 0.649. The zero-order valence-corrected chi connectivity index (χ0v) is 37.5. The molecule has 3 unspecified atom stereocenters. The molecule has 0 spiro atoms. The Morgan fingerprint density at radius 1 is 0.418 bits per heavy atom. The molecule has 10 aromatic rings. The van der Waals surface area contributed by atoms with E-state index in [1.807, 2.05) is 0 Å². The Morgan fingerprint density at radius 3 is 1.85 bits per heavy atom. The molecule has 0 N–H and O–H groups in total. The van der Waals surface area contributed by atoms with Gasteiger partial charge in [-0.05, 0) is 146 Å². The van der Waals surface area contributed by atoms with E-state index < -0.39 is 0 Å². The van der Waals surface area contributed by atoms with Crippen LogP contribution in [0.25, 0.3) is 76.8 Å². The topological polar surface area (TPSA) is 0 Å². The van der Waals surface area contributed by atoms with Gasteiger partial charge in [-0.3, -0.25) is 0 Å². The van der Waals surface area contributed by atoms with Crippen molar-refractivity contribution in [2.45, 2.75) is 19.3 Å². The molecule has 10 aromatic carbocycles. The van der Waals surface area contributed by atoms with Crippen molar-refractivity contribution in [2.75, 3.05) is 0 Å². The summed E-state index contributed by atoms with van der Waals surface area (Å²) in [7, 11) is 0. The second-order valence-corrected chi connectivity index (χ2v) is 18.8. The molecule has 0 heteroatoms. The van der Waals surface area contributed by atoms with Gasteiger partial charge in [-0.25, -0.2) is 0 Å². The monoisotopic (exact) mass is 852 g/mol. The van der Waals surface area contributed by atoms with Crippen LogP contribution in [0.4, 0.5) is 0 Å². The first kappa shape index (κ1) is 39.3. The SMILES string of the molecule is CC1C=C(c2ccc3ccccc3c2-c2ccc(C3c4ccccc4C(c4cccc(-c5ccc6ccccc6c5-c5ccc6ccccc6c5)c4)=C4C=CC=CC43)cc2)c2ccccc2C1. The molecule has 0 heterocycles. The third-order valence-corrected chi connectivity index (χ3v) is 14.8. The van der Waals surface area contributed by atoms with Crippen LogP contribution >= 0.6 is 0 Å². The minimum atomic E-state index is 0.161. The van der Waals surface area contributed by atoms with E-state index in [1.165, 1.54) is 121 Å². The lowest BCUT2D eigenvalue weighted by Crippen LogP contribution is -2.22. The molecule has 0 saturated heterocycles. The average molecular weight is 853 g/mol. The smallest absolute Gasteiger partial charge is 0.0199 e. The van der Waals surface area contributed by atoms with Gasteiger partial charge in [0.2, 0.25) is 0 Å². The van der Waals surface area contributed by atoms with Crippen LogP contribution in [0.2, 0.25) is 0 Å². The van der Waals surface area contributed by atoms with Crippen LogP contribution in [0, 0.1) is 11.8 Å². The molecular weight excluding hydrogens is 805 g/mol. The fraction of sp³-hybridized carbons (Fsp3) is 0.0746. The maximum atomic E-state index is 2.50. The number of rotatable bonds is 6. The zero-order chi connectivity index (χ0) is 44.4. The third-order valence-electron chi connectivity index (χ3n) is 14.8. The minimum Gasteiger partial charge on any atom is -0.0760 e. The molecule has 3 aliphatic rings. The molecule has 0 nitrogen and oxygen atoms in total. The molecule has 316 valence electrons. The Hall–Kier alpha value is -8.06. The number of fused-ring (bicyclic) bond motifs is 6. The lowest BCUT2D eigenvalue weighted by atomic mass is 9.66. The molecule has 67 heavy (non-hydrogen) atoms. The van der Waals surface area contributed by atoms with Gasteiger partial charge in [-0.1, -0.05) is 237 Å². The summed E-state index contributed by atoms with van der Waals surface area (Å²) in [6.45, 7) is 2.35. The third kappa shape index (κ3) is 6.66. The second kappa shape index (κ2) is 16.1. The summed E-state index contributed by atoms with van der Waals surface area (Å²) in [6.07, 6.45) is 12.9. The molecule has 0 aromatic heterocycles. The number of allylic oxidation sites excluding steroid dienone is 6. The van der Waals surface area contributed by atoms with Crippen molar-refractivity contribution in [3.63, 3.8) is 0 Å². The zero-order valence-electron chi connectivity index (χ0n) is 37.5. The minimum absolute atomic E-state index is 0.161. The summed E-state index contributed by atoms with van der Waals surface area (Å²) in [6, 6.07) is 79.7. The van der Waals surface area contributed by atoms with Crippen LogP contribution in [0.1, 0.15) is 51.8 Å². The van der Waals surface area contributed by atoms with Gasteiger partial charge >= 0.3 is 0 Å². The summed E-state index contributed by atoms with van der Waals surface area (Å²) >= 11 is 0. The molecule has 0 radical (unpaired) electrons. The predicted molar refractivity (Wildman–Crippen MR) is 284 cm³/mol.